The maximum absolute atomic E-state index is 12.5. The number of piperidine rings is 1. The fraction of sp³-hybridized carbons (Fsp3) is 0.316. The molecule has 0 saturated carbocycles. The highest BCUT2D eigenvalue weighted by atomic mass is 16.3. The summed E-state index contributed by atoms with van der Waals surface area (Å²) in [7, 11) is 0. The highest BCUT2D eigenvalue weighted by molar-refractivity contribution is 6.07. The molecule has 126 valence electrons. The van der Waals surface area contributed by atoms with Gasteiger partial charge in [0.25, 0.3) is 5.91 Å². The fourth-order valence-corrected chi connectivity index (χ4v) is 2.98. The number of rotatable bonds is 3. The second-order valence-corrected chi connectivity index (χ2v) is 6.21. The van der Waals surface area contributed by atoms with Crippen molar-refractivity contribution in [3.05, 3.63) is 53.6 Å². The van der Waals surface area contributed by atoms with Gasteiger partial charge in [0.15, 0.2) is 0 Å². The molecule has 1 heterocycles. The number of nitrogens with zero attached hydrogens (tertiary/aromatic N) is 1. The van der Waals surface area contributed by atoms with Gasteiger partial charge in [-0.1, -0.05) is 23.8 Å². The number of para-hydroxylation sites is 2. The van der Waals surface area contributed by atoms with Crippen molar-refractivity contribution in [3.8, 4) is 5.75 Å². The molecule has 5 nitrogen and oxygen atoms in total. The molecule has 1 fully saturated rings. The largest absolute Gasteiger partial charge is 0.507 e. The number of carbonyl (C=O) groups is 1. The van der Waals surface area contributed by atoms with Crippen molar-refractivity contribution in [2.24, 2.45) is 0 Å². The van der Waals surface area contributed by atoms with E-state index in [2.05, 4.69) is 10.2 Å². The Morgan fingerprint density at radius 2 is 1.88 bits per heavy atom. The van der Waals surface area contributed by atoms with E-state index in [1.54, 1.807) is 12.1 Å². The maximum atomic E-state index is 12.5. The maximum Gasteiger partial charge on any atom is 0.259 e. The molecular formula is C19H22N2O3. The van der Waals surface area contributed by atoms with Crippen molar-refractivity contribution in [3.63, 3.8) is 0 Å². The van der Waals surface area contributed by atoms with Gasteiger partial charge in [0.1, 0.15) is 5.75 Å². The van der Waals surface area contributed by atoms with E-state index in [-0.39, 0.29) is 23.3 Å². The summed E-state index contributed by atoms with van der Waals surface area (Å²) in [6, 6.07) is 12.6. The minimum absolute atomic E-state index is 0.0309. The van der Waals surface area contributed by atoms with Gasteiger partial charge in [0, 0.05) is 13.1 Å². The van der Waals surface area contributed by atoms with Gasteiger partial charge in [-0.3, -0.25) is 4.79 Å². The number of amides is 1. The first kappa shape index (κ1) is 16.3. The van der Waals surface area contributed by atoms with Crippen LogP contribution in [0.4, 0.5) is 11.4 Å². The standard InChI is InChI=1S/C19H22N2O3/c1-13-6-7-18(23)15(12-13)19(24)20-16-4-2-3-5-17(16)21-10-8-14(22)9-11-21/h2-7,12,14,22-23H,8-11H2,1H3,(H,20,24). The molecule has 0 unspecified atom stereocenters. The van der Waals surface area contributed by atoms with E-state index in [0.717, 1.165) is 37.2 Å². The summed E-state index contributed by atoms with van der Waals surface area (Å²) in [6.45, 7) is 3.39. The van der Waals surface area contributed by atoms with Gasteiger partial charge in [-0.05, 0) is 44.0 Å². The molecule has 0 bridgehead atoms. The van der Waals surface area contributed by atoms with Crippen molar-refractivity contribution in [1.29, 1.82) is 0 Å². The third kappa shape index (κ3) is 3.51. The molecule has 0 spiro atoms. The van der Waals surface area contributed by atoms with Crippen LogP contribution >= 0.6 is 0 Å². The SMILES string of the molecule is Cc1ccc(O)c(C(=O)Nc2ccccc2N2CCC(O)CC2)c1. The van der Waals surface area contributed by atoms with Gasteiger partial charge in [0.2, 0.25) is 0 Å². The summed E-state index contributed by atoms with van der Waals surface area (Å²) in [5, 5.41) is 22.5. The Hall–Kier alpha value is -2.53. The first-order valence-corrected chi connectivity index (χ1v) is 8.17. The molecule has 1 amide bonds. The molecule has 3 rings (SSSR count). The molecule has 0 atom stereocenters. The lowest BCUT2D eigenvalue weighted by molar-refractivity contribution is 0.102. The molecular weight excluding hydrogens is 304 g/mol. The second-order valence-electron chi connectivity index (χ2n) is 6.21. The summed E-state index contributed by atoms with van der Waals surface area (Å²) in [5.74, 6) is -0.364. The van der Waals surface area contributed by atoms with Gasteiger partial charge in [-0.15, -0.1) is 0 Å². The monoisotopic (exact) mass is 326 g/mol. The number of phenolic OH excluding ortho intramolecular Hbond substituents is 1. The predicted molar refractivity (Wildman–Crippen MR) is 94.7 cm³/mol. The Morgan fingerprint density at radius 3 is 2.62 bits per heavy atom. The van der Waals surface area contributed by atoms with Crippen molar-refractivity contribution >= 4 is 17.3 Å². The number of anilines is 2. The second kappa shape index (κ2) is 6.93. The minimum Gasteiger partial charge on any atom is -0.507 e. The number of nitrogens with one attached hydrogen (secondary N) is 1. The summed E-state index contributed by atoms with van der Waals surface area (Å²) in [4.78, 5) is 14.7. The highest BCUT2D eigenvalue weighted by Crippen LogP contribution is 2.29. The van der Waals surface area contributed by atoms with Crippen molar-refractivity contribution in [2.75, 3.05) is 23.3 Å². The van der Waals surface area contributed by atoms with E-state index < -0.39 is 0 Å². The van der Waals surface area contributed by atoms with Crippen LogP contribution in [0.2, 0.25) is 0 Å². The van der Waals surface area contributed by atoms with E-state index in [9.17, 15) is 15.0 Å². The smallest absolute Gasteiger partial charge is 0.259 e. The first-order chi connectivity index (χ1) is 11.5. The number of aliphatic hydroxyl groups is 1. The number of aliphatic hydroxyl groups excluding tert-OH is 1. The molecule has 1 aliphatic rings. The molecule has 0 radical (unpaired) electrons. The van der Waals surface area contributed by atoms with Crippen LogP contribution in [0, 0.1) is 6.92 Å². The fourth-order valence-electron chi connectivity index (χ4n) is 2.98. The molecule has 24 heavy (non-hydrogen) atoms. The molecule has 2 aromatic carbocycles. The third-order valence-electron chi connectivity index (χ3n) is 4.35. The summed E-state index contributed by atoms with van der Waals surface area (Å²) >= 11 is 0. The van der Waals surface area contributed by atoms with Crippen molar-refractivity contribution in [2.45, 2.75) is 25.9 Å². The van der Waals surface area contributed by atoms with E-state index >= 15 is 0 Å². The van der Waals surface area contributed by atoms with Gasteiger partial charge in [-0.2, -0.15) is 0 Å². The number of aryl methyl sites for hydroxylation is 1. The van der Waals surface area contributed by atoms with Crippen LogP contribution in [-0.4, -0.2) is 35.3 Å². The first-order valence-electron chi connectivity index (χ1n) is 8.17. The average Bonchev–Trinajstić information content (AvgIpc) is 2.58. The summed E-state index contributed by atoms with van der Waals surface area (Å²) in [6.07, 6.45) is 1.20. The number of aromatic hydroxyl groups is 1. The van der Waals surface area contributed by atoms with Crippen molar-refractivity contribution in [1.82, 2.24) is 0 Å². The lowest BCUT2D eigenvalue weighted by atomic mass is 10.1. The Morgan fingerprint density at radius 1 is 1.17 bits per heavy atom. The van der Waals surface area contributed by atoms with E-state index in [1.807, 2.05) is 31.2 Å². The van der Waals surface area contributed by atoms with E-state index in [4.69, 9.17) is 0 Å². The molecule has 3 N–H and O–H groups in total. The lowest BCUT2D eigenvalue weighted by Gasteiger charge is -2.32. The predicted octanol–water partition coefficient (Wildman–Crippen LogP) is 2.91. The number of benzene rings is 2. The van der Waals surface area contributed by atoms with Crippen molar-refractivity contribution < 1.29 is 15.0 Å². The van der Waals surface area contributed by atoms with Gasteiger partial charge >= 0.3 is 0 Å². The molecule has 1 saturated heterocycles. The zero-order valence-corrected chi connectivity index (χ0v) is 13.7. The van der Waals surface area contributed by atoms with Gasteiger partial charge in [-0.25, -0.2) is 0 Å². The zero-order valence-electron chi connectivity index (χ0n) is 13.7. The zero-order chi connectivity index (χ0) is 17.1. The number of hydrogen-bond acceptors (Lipinski definition) is 4. The van der Waals surface area contributed by atoms with Gasteiger partial charge in [0.05, 0.1) is 23.0 Å². The van der Waals surface area contributed by atoms with Crippen LogP contribution < -0.4 is 10.2 Å². The quantitative estimate of drug-likeness (QED) is 0.811. The third-order valence-corrected chi connectivity index (χ3v) is 4.35. The topological polar surface area (TPSA) is 72.8 Å². The normalized spacial score (nSPS) is 15.3. The van der Waals surface area contributed by atoms with Crippen LogP contribution in [0.3, 0.4) is 0 Å². The Labute approximate surface area is 141 Å². The Bertz CT molecular complexity index is 737. The molecule has 0 aromatic heterocycles. The van der Waals surface area contributed by atoms with E-state index in [1.165, 1.54) is 6.07 Å². The lowest BCUT2D eigenvalue weighted by Crippen LogP contribution is -2.36. The summed E-state index contributed by atoms with van der Waals surface area (Å²) in [5.41, 5.74) is 2.82. The Balaban J connectivity index is 1.82. The molecule has 5 heteroatoms. The summed E-state index contributed by atoms with van der Waals surface area (Å²) < 4.78 is 0. The highest BCUT2D eigenvalue weighted by Gasteiger charge is 2.20. The minimum atomic E-state index is -0.333. The van der Waals surface area contributed by atoms with Crippen LogP contribution in [0.1, 0.15) is 28.8 Å². The van der Waals surface area contributed by atoms with E-state index in [0.29, 0.717) is 5.69 Å². The van der Waals surface area contributed by atoms with Gasteiger partial charge < -0.3 is 20.4 Å². The Kier molecular flexibility index (Phi) is 4.71. The molecule has 2 aromatic rings. The van der Waals surface area contributed by atoms with Crippen LogP contribution in [0.15, 0.2) is 42.5 Å². The van der Waals surface area contributed by atoms with Crippen LogP contribution in [0.25, 0.3) is 0 Å². The molecule has 0 aliphatic carbocycles. The van der Waals surface area contributed by atoms with Crippen LogP contribution in [0.5, 0.6) is 5.75 Å². The number of phenols is 1. The van der Waals surface area contributed by atoms with Crippen LogP contribution in [-0.2, 0) is 0 Å². The number of hydrogen-bond donors (Lipinski definition) is 3. The number of carbonyl (C=O) groups excluding carboxylic acids is 1. The average molecular weight is 326 g/mol. The molecule has 1 aliphatic heterocycles.